The van der Waals surface area contributed by atoms with Crippen LogP contribution >= 0.6 is 45.5 Å². The van der Waals surface area contributed by atoms with E-state index in [2.05, 4.69) is 221 Å². The van der Waals surface area contributed by atoms with Gasteiger partial charge in [0.05, 0.1) is 52.5 Å². The van der Waals surface area contributed by atoms with Crippen molar-refractivity contribution in [3.63, 3.8) is 0 Å². The third kappa shape index (κ3) is 30.7. The van der Waals surface area contributed by atoms with Crippen LogP contribution in [0.25, 0.3) is 0 Å². The number of fused-ring (bicyclic) bond motifs is 9. The Morgan fingerprint density at radius 1 is 0.466 bits per heavy atom. The highest BCUT2D eigenvalue weighted by molar-refractivity contribution is 8.13. The van der Waals surface area contributed by atoms with E-state index in [1.54, 1.807) is 18.2 Å². The van der Waals surface area contributed by atoms with E-state index in [1.165, 1.54) is 194 Å². The zero-order valence-corrected chi connectivity index (χ0v) is 95.9. The van der Waals surface area contributed by atoms with Gasteiger partial charge in [-0.1, -0.05) is 236 Å². The summed E-state index contributed by atoms with van der Waals surface area (Å²) in [4.78, 5) is 11.9. The van der Waals surface area contributed by atoms with Crippen LogP contribution in [0, 0.1) is 120 Å². The largest absolute Gasteiger partial charge is 0.459 e. The zero-order chi connectivity index (χ0) is 99.9. The van der Waals surface area contributed by atoms with E-state index >= 15 is 0 Å². The number of carbonyl (C=O) groups excluding carboxylic acids is 1. The maximum Gasteiger partial charge on any atom is 0.306 e. The maximum atomic E-state index is 11.8. The van der Waals surface area contributed by atoms with Crippen LogP contribution in [0.2, 0.25) is 0 Å². The minimum absolute atomic E-state index is 0.0350. The molecule has 2 heterocycles. The van der Waals surface area contributed by atoms with Crippen LogP contribution in [0.1, 0.15) is 436 Å². The highest BCUT2D eigenvalue weighted by atomic mass is 35.7. The van der Waals surface area contributed by atoms with Crippen LogP contribution in [0.5, 0.6) is 0 Å². The number of benzene rings is 1. The lowest BCUT2D eigenvalue weighted by Crippen LogP contribution is -2.57. The third-order valence-electron chi connectivity index (χ3n) is 38.6. The summed E-state index contributed by atoms with van der Waals surface area (Å²) >= 11 is 0. The summed E-state index contributed by atoms with van der Waals surface area (Å²) in [6.45, 7) is 70.6. The van der Waals surface area contributed by atoms with Crippen molar-refractivity contribution in [3.8, 4) is 0 Å². The topological polar surface area (TPSA) is 189 Å². The molecule has 0 bridgehead atoms. The lowest BCUT2D eigenvalue weighted by atomic mass is 9.45. The van der Waals surface area contributed by atoms with Gasteiger partial charge in [-0.3, -0.25) is 4.79 Å². The van der Waals surface area contributed by atoms with E-state index in [4.69, 9.17) is 29.2 Å². The number of aryl methyl sites for hydroxylation is 1. The van der Waals surface area contributed by atoms with Crippen molar-refractivity contribution < 1.29 is 57.3 Å². The number of ether oxygens (including phenoxy) is 2. The average Bonchev–Trinajstić information content (AvgIpc) is 1.56. The fourth-order valence-corrected chi connectivity index (χ4v) is 33.3. The Labute approximate surface area is 829 Å². The molecule has 0 radical (unpaired) electrons. The molecule has 12 fully saturated rings. The van der Waals surface area contributed by atoms with Gasteiger partial charge in [-0.25, -0.2) is 8.42 Å². The molecule has 0 amide bonds. The van der Waals surface area contributed by atoms with Crippen molar-refractivity contribution in [1.82, 2.24) is 0 Å². The number of hydrogen-bond acceptors (Lipinski definition) is 12. The summed E-state index contributed by atoms with van der Waals surface area (Å²) < 4.78 is 44.0. The Bertz CT molecular complexity index is 4130. The number of halogens is 1. The molecular formula is C115H201ClO12P4S. The highest BCUT2D eigenvalue weighted by Crippen LogP contribution is 2.70. The van der Waals surface area contributed by atoms with Crippen LogP contribution in [0.15, 0.2) is 100 Å². The van der Waals surface area contributed by atoms with E-state index in [9.17, 15) is 38.7 Å². The fourth-order valence-electron chi connectivity index (χ4n) is 31.6. The van der Waals surface area contributed by atoms with Gasteiger partial charge >= 0.3 is 5.97 Å². The summed E-state index contributed by atoms with van der Waals surface area (Å²) in [6.07, 6.45) is 57.4. The molecule has 133 heavy (non-hydrogen) atoms. The SMILES string of the molecule is C/C(=C\COPP)CC[C@@H]1[C@@]2(C)CCCC(C)(C)C2CC[C@@]1(C)O.C=C[C@@](C)(O)CC[C@@H]1[C@@]2(C)CCCC(C)(C)[C@@H]2CC[C@@]1(C)O.CC(C)=CCC/C(C)=C/CC/C(C)=C/CC/C(C)=C/COPP.CC1(C)CCC[C@]2(C)[C@@H](CCO)[C@](C)(O)CC[C@@H]12.CC1(C)CCC[C@]2(C)[C@H]3CC(=O)O[C@]3(C)CC[C@@H]12.CC1(C)CCC[C@]2(C)[C@H]3CCO[C@]3(C)CC[C@@H]12.Cc1ccc(S(=O)(=O)Cl)cc1. The molecule has 766 valence electrons. The lowest BCUT2D eigenvalue weighted by molar-refractivity contribution is -0.172. The molecule has 18 heteroatoms. The summed E-state index contributed by atoms with van der Waals surface area (Å²) in [5, 5.41) is 52.7. The average molecular weight is 1970 g/mol. The van der Waals surface area contributed by atoms with Gasteiger partial charge in [0, 0.05) is 46.8 Å². The summed E-state index contributed by atoms with van der Waals surface area (Å²) in [7, 11) is 7.74. The molecule has 12 nitrogen and oxygen atoms in total. The number of esters is 1. The standard InChI is InChI=1S/C20H38O2P2.C20H36O2.C20H36OP2.C16H26O2.C16H30O2.C16H28O.C7H7ClO2S/c1-15(10-14-22-24-23)7-8-17-19(4)12-6-11-18(2,3)16(19)9-13-20(17,5)21;1-7-18(4,21)13-9-16-19(5)12-8-11-17(2,3)15(19)10-14-20(16,6)22;1-17(2)9-6-10-18(3)11-7-12-19(4)13-8-14-20(5)15-16-21-23-22;1-14(2)7-5-8-15(3)11(14)6-9-16(4)12(15)10-13(17)18-16;1-14(2)8-5-9-15(3)12(14)6-10-16(4,18)13(15)7-11-17;1-14(2)8-5-9-15(3)12(14)6-10-16(4)13(15)7-11-17-16;1-6-2-4-7(5-3-6)11(8,9)10/h10,16-17,21,24H,6-9,11-14,23H2,1-5H3;7,15-16,21-22H,1,8-14H2,2-6H3;9,11,13,15,23H,6-8,10,12,14,16,22H2,1-5H3;11-12H,5-10H2,1-4H3;12-13,17-18H,5-11H2,1-4H3;12-13H,5-11H2,1-4H3;2-5H,1H3/b15-10+;;18-11+,19-13+,20-15+;;;;/t16?,17-,19+,20-;15-,16+,18+,19-,20+;;11-,12+,15-,16+;2*12-,13+,15-,16+;/m10.000./s1. The smallest absolute Gasteiger partial charge is 0.306 e. The first kappa shape index (κ1) is 119. The van der Waals surface area contributed by atoms with Gasteiger partial charge in [0.1, 0.15) is 5.60 Å². The Balaban J connectivity index is 0.000000214. The van der Waals surface area contributed by atoms with Crippen LogP contribution < -0.4 is 0 Å². The van der Waals surface area contributed by atoms with Crippen molar-refractivity contribution in [3.05, 3.63) is 101 Å². The normalized spacial score (nSPS) is 37.9. The van der Waals surface area contributed by atoms with Gasteiger partial charge in [-0.2, -0.15) is 0 Å². The molecule has 5 N–H and O–H groups in total. The molecule has 2 saturated heterocycles. The number of carbonyl (C=O) groups is 1. The first-order chi connectivity index (χ1) is 61.4. The summed E-state index contributed by atoms with van der Waals surface area (Å²) in [5.41, 5.74) is 9.42. The van der Waals surface area contributed by atoms with E-state index < -0.39 is 31.5 Å². The van der Waals surface area contributed by atoms with Crippen LogP contribution in [0.3, 0.4) is 0 Å². The van der Waals surface area contributed by atoms with Crippen LogP contribution in [-0.2, 0) is 32.4 Å². The minimum Gasteiger partial charge on any atom is -0.459 e. The Kier molecular flexibility index (Phi) is 43.4. The Morgan fingerprint density at radius 2 is 0.805 bits per heavy atom. The van der Waals surface area contributed by atoms with E-state index in [1.807, 2.05) is 27.7 Å². The lowest BCUT2D eigenvalue weighted by Gasteiger charge is -2.61. The number of rotatable bonds is 25. The molecule has 25 atom stereocenters. The molecule has 0 aromatic heterocycles. The monoisotopic (exact) mass is 1970 g/mol. The molecular weight excluding hydrogens is 1760 g/mol. The molecule has 1 aromatic carbocycles. The van der Waals surface area contributed by atoms with Crippen molar-refractivity contribution in [2.45, 2.75) is 476 Å². The van der Waals surface area contributed by atoms with E-state index in [0.29, 0.717) is 98.0 Å². The minimum atomic E-state index is -3.55. The van der Waals surface area contributed by atoms with Crippen LogP contribution in [-0.4, -0.2) is 100.0 Å². The molecule has 5 unspecified atom stereocenters. The van der Waals surface area contributed by atoms with Crippen molar-refractivity contribution in [2.75, 3.05) is 26.4 Å². The van der Waals surface area contributed by atoms with Gasteiger partial charge in [-0.05, 0) is 415 Å². The summed E-state index contributed by atoms with van der Waals surface area (Å²) in [5.74, 6) is 5.97. The van der Waals surface area contributed by atoms with Crippen molar-refractivity contribution in [1.29, 1.82) is 0 Å². The van der Waals surface area contributed by atoms with Gasteiger partial charge in [-0.15, -0.1) is 6.58 Å². The second-order valence-electron chi connectivity index (χ2n) is 51.3. The zero-order valence-electron chi connectivity index (χ0n) is 90.0. The Morgan fingerprint density at radius 3 is 1.18 bits per heavy atom. The first-order valence-corrected chi connectivity index (χ1v) is 60.6. The number of hydrogen-bond donors (Lipinski definition) is 5. The fraction of sp³-hybridized carbons (Fsp3) is 0.835. The van der Waals surface area contributed by atoms with E-state index in [0.717, 1.165) is 119 Å². The van der Waals surface area contributed by atoms with Gasteiger partial charge in [0.2, 0.25) is 0 Å². The Hall–Kier alpha value is -1.23. The molecule has 0 spiro atoms. The molecule has 13 rings (SSSR count). The van der Waals surface area contributed by atoms with Crippen LogP contribution in [0.4, 0.5) is 0 Å². The predicted octanol–water partition coefficient (Wildman–Crippen LogP) is 32.0. The van der Waals surface area contributed by atoms with Gasteiger partial charge in [0.15, 0.2) is 0 Å². The first-order valence-electron chi connectivity index (χ1n) is 52.9. The summed E-state index contributed by atoms with van der Waals surface area (Å²) in [6, 6.07) is 6.37. The quantitative estimate of drug-likeness (QED) is 0.0205. The number of aliphatic hydroxyl groups is 5. The molecule has 10 aliphatic carbocycles. The van der Waals surface area contributed by atoms with Gasteiger partial charge < -0.3 is 44.1 Å². The molecule has 2 aliphatic heterocycles. The molecule has 12 aliphatic rings. The highest BCUT2D eigenvalue weighted by Gasteiger charge is 2.65. The second kappa shape index (κ2) is 48.6. The molecule has 1 aromatic rings. The van der Waals surface area contributed by atoms with Crippen molar-refractivity contribution >= 4 is 60.6 Å². The maximum absolute atomic E-state index is 11.8. The van der Waals surface area contributed by atoms with Gasteiger partial charge in [0.25, 0.3) is 9.05 Å². The third-order valence-corrected chi connectivity index (χ3v) is 41.6. The number of allylic oxidation sites excluding steroid dienone is 8. The van der Waals surface area contributed by atoms with E-state index in [-0.39, 0.29) is 56.8 Å². The second-order valence-corrected chi connectivity index (χ2v) is 56.4. The molecule has 10 saturated carbocycles. The van der Waals surface area contributed by atoms with Crippen molar-refractivity contribution in [2.24, 2.45) is 113 Å². The predicted molar refractivity (Wildman–Crippen MR) is 575 cm³/mol. The number of aliphatic hydroxyl groups excluding tert-OH is 1.